The number of oxime groups is 1. The van der Waals surface area contributed by atoms with Crippen molar-refractivity contribution < 1.29 is 14.0 Å². The number of nitrogens with one attached hydrogen (secondary N) is 2. The average molecular weight is 405 g/mol. The van der Waals surface area contributed by atoms with E-state index >= 15 is 0 Å². The molecule has 1 amide bonds. The van der Waals surface area contributed by atoms with Crippen LogP contribution in [-0.4, -0.2) is 41.1 Å². The van der Waals surface area contributed by atoms with Crippen molar-refractivity contribution in [2.75, 3.05) is 25.0 Å². The minimum Gasteiger partial charge on any atom is -0.391 e. The van der Waals surface area contributed by atoms with Gasteiger partial charge in [-0.15, -0.1) is 0 Å². The summed E-state index contributed by atoms with van der Waals surface area (Å²) in [6.07, 6.45) is 0.134. The Morgan fingerprint density at radius 3 is 2.76 bits per heavy atom. The number of carbonyl (C=O) groups excluding carboxylic acids is 1. The smallest absolute Gasteiger partial charge is 0.293 e. The largest absolute Gasteiger partial charge is 0.391 e. The van der Waals surface area contributed by atoms with E-state index in [1.165, 1.54) is 10.8 Å². The van der Waals surface area contributed by atoms with Crippen LogP contribution >= 0.6 is 0 Å². The maximum absolute atomic E-state index is 14.3. The number of rotatable bonds is 10. The lowest BCUT2D eigenvalue weighted by atomic mass is 10.1. The van der Waals surface area contributed by atoms with Crippen LogP contribution in [-0.2, 0) is 16.2 Å². The van der Waals surface area contributed by atoms with Gasteiger partial charge in [-0.25, -0.2) is 9.37 Å². The van der Waals surface area contributed by atoms with Crippen LogP contribution in [0.4, 0.5) is 10.2 Å². The second kappa shape index (κ2) is 10.6. The number of halogens is 1. The highest BCUT2D eigenvalue weighted by Crippen LogP contribution is 2.16. The van der Waals surface area contributed by atoms with Gasteiger partial charge < -0.3 is 26.9 Å². The van der Waals surface area contributed by atoms with E-state index in [2.05, 4.69) is 20.8 Å². The van der Waals surface area contributed by atoms with E-state index in [1.807, 2.05) is 0 Å². The normalized spacial score (nSPS) is 11.4. The Kier molecular flexibility index (Phi) is 7.95. The van der Waals surface area contributed by atoms with E-state index in [-0.39, 0.29) is 38.0 Å². The van der Waals surface area contributed by atoms with Crippen molar-refractivity contribution in [3.05, 3.63) is 58.1 Å². The van der Waals surface area contributed by atoms with Gasteiger partial charge in [-0.1, -0.05) is 30.3 Å². The number of benzene rings is 1. The molecule has 11 heteroatoms. The molecule has 10 nitrogen and oxygen atoms in total. The number of carbonyl (C=O) groups is 1. The van der Waals surface area contributed by atoms with Gasteiger partial charge in [0.2, 0.25) is 11.9 Å². The molecule has 1 heterocycles. The number of amides is 1. The summed E-state index contributed by atoms with van der Waals surface area (Å²) in [5, 5.41) is 8.61. The first-order valence-electron chi connectivity index (χ1n) is 8.85. The summed E-state index contributed by atoms with van der Waals surface area (Å²) in [4.78, 5) is 33.4. The van der Waals surface area contributed by atoms with Crippen molar-refractivity contribution in [2.24, 2.45) is 16.6 Å². The minimum atomic E-state index is -1.30. The van der Waals surface area contributed by atoms with Crippen molar-refractivity contribution in [1.29, 1.82) is 0 Å². The van der Waals surface area contributed by atoms with Crippen LogP contribution in [0.25, 0.3) is 0 Å². The zero-order valence-electron chi connectivity index (χ0n) is 16.0. The fraction of sp³-hybridized carbons (Fsp3) is 0.333. The molecule has 1 unspecified atom stereocenters. The molecule has 0 bridgehead atoms. The first-order chi connectivity index (χ1) is 13.9. The molecule has 0 spiro atoms. The lowest BCUT2D eigenvalue weighted by molar-refractivity contribution is -0.122. The van der Waals surface area contributed by atoms with Gasteiger partial charge >= 0.3 is 0 Å². The number of aryl methyl sites for hydroxylation is 1. The van der Waals surface area contributed by atoms with Crippen LogP contribution in [0.15, 0.2) is 46.5 Å². The van der Waals surface area contributed by atoms with E-state index in [0.29, 0.717) is 11.3 Å². The van der Waals surface area contributed by atoms with Gasteiger partial charge in [-0.05, 0) is 17.6 Å². The number of hydrogen-bond acceptors (Lipinski definition) is 6. The third-order valence-corrected chi connectivity index (χ3v) is 3.85. The topological polar surface area (TPSA) is 150 Å². The minimum absolute atomic E-state index is 0.0296. The monoisotopic (exact) mass is 405 g/mol. The molecule has 1 atom stereocenters. The zero-order chi connectivity index (χ0) is 21.2. The van der Waals surface area contributed by atoms with Crippen LogP contribution in [0.1, 0.15) is 17.4 Å². The second-order valence-electron chi connectivity index (χ2n) is 6.10. The molecule has 0 saturated heterocycles. The number of alkyl halides is 1. The van der Waals surface area contributed by atoms with Gasteiger partial charge in [-0.2, -0.15) is 0 Å². The molecule has 0 fully saturated rings. The molecule has 29 heavy (non-hydrogen) atoms. The maximum atomic E-state index is 14.3. The average Bonchev–Trinajstić information content (AvgIpc) is 2.70. The SMILES string of the molecule is Cc1cnc(NCC(F)c2ccccc2)c(=O)n1CC(=O)NCCON=C(N)N. The van der Waals surface area contributed by atoms with Gasteiger partial charge in [0.15, 0.2) is 5.82 Å². The molecule has 1 aromatic heterocycles. The van der Waals surface area contributed by atoms with E-state index < -0.39 is 17.6 Å². The molecule has 1 aromatic carbocycles. The molecule has 0 aliphatic heterocycles. The molecule has 2 aromatic rings. The maximum Gasteiger partial charge on any atom is 0.293 e. The van der Waals surface area contributed by atoms with Gasteiger partial charge in [0.05, 0.1) is 13.1 Å². The van der Waals surface area contributed by atoms with Gasteiger partial charge in [-0.3, -0.25) is 14.2 Å². The van der Waals surface area contributed by atoms with Gasteiger partial charge in [0, 0.05) is 11.9 Å². The Bertz CT molecular complexity index is 898. The summed E-state index contributed by atoms with van der Waals surface area (Å²) in [7, 11) is 0. The summed E-state index contributed by atoms with van der Waals surface area (Å²) < 4.78 is 15.5. The summed E-state index contributed by atoms with van der Waals surface area (Å²) in [5.74, 6) is -0.663. The predicted octanol–water partition coefficient (Wildman–Crippen LogP) is -0.00438. The molecule has 0 radical (unpaired) electrons. The van der Waals surface area contributed by atoms with Crippen LogP contribution in [0.5, 0.6) is 0 Å². The number of guanidine groups is 1. The Balaban J connectivity index is 1.94. The summed E-state index contributed by atoms with van der Waals surface area (Å²) in [6, 6.07) is 8.59. The van der Waals surface area contributed by atoms with E-state index in [1.54, 1.807) is 37.3 Å². The van der Waals surface area contributed by atoms with Crippen molar-refractivity contribution in [1.82, 2.24) is 14.9 Å². The molecule has 2 rings (SSSR count). The Morgan fingerprint density at radius 1 is 1.34 bits per heavy atom. The molecular formula is C18H24FN7O3. The third kappa shape index (κ3) is 6.79. The number of hydrogen-bond donors (Lipinski definition) is 4. The first-order valence-corrected chi connectivity index (χ1v) is 8.85. The Labute approximate surface area is 166 Å². The quantitative estimate of drug-likeness (QED) is 0.188. The number of aromatic nitrogens is 2. The van der Waals surface area contributed by atoms with Crippen molar-refractivity contribution in [3.8, 4) is 0 Å². The molecular weight excluding hydrogens is 381 g/mol. The highest BCUT2D eigenvalue weighted by atomic mass is 19.1. The number of nitrogens with two attached hydrogens (primary N) is 2. The van der Waals surface area contributed by atoms with Crippen LogP contribution in [0.3, 0.4) is 0 Å². The second-order valence-corrected chi connectivity index (χ2v) is 6.10. The molecule has 0 aliphatic carbocycles. The molecule has 0 saturated carbocycles. The molecule has 156 valence electrons. The van der Waals surface area contributed by atoms with Crippen molar-refractivity contribution in [2.45, 2.75) is 19.6 Å². The van der Waals surface area contributed by atoms with Crippen molar-refractivity contribution in [3.63, 3.8) is 0 Å². The fourth-order valence-corrected chi connectivity index (χ4v) is 2.41. The van der Waals surface area contributed by atoms with Gasteiger partial charge in [0.25, 0.3) is 5.56 Å². The van der Waals surface area contributed by atoms with E-state index in [9.17, 15) is 14.0 Å². The van der Waals surface area contributed by atoms with E-state index in [0.717, 1.165) is 0 Å². The zero-order valence-corrected chi connectivity index (χ0v) is 16.0. The summed E-state index contributed by atoms with van der Waals surface area (Å²) >= 11 is 0. The Morgan fingerprint density at radius 2 is 2.07 bits per heavy atom. The summed E-state index contributed by atoms with van der Waals surface area (Å²) in [6.45, 7) is 1.53. The molecule has 6 N–H and O–H groups in total. The van der Waals surface area contributed by atoms with Crippen LogP contribution < -0.4 is 27.7 Å². The lowest BCUT2D eigenvalue weighted by Gasteiger charge is -2.14. The van der Waals surface area contributed by atoms with Crippen LogP contribution in [0, 0.1) is 6.92 Å². The van der Waals surface area contributed by atoms with Gasteiger partial charge in [0.1, 0.15) is 19.3 Å². The number of anilines is 1. The van der Waals surface area contributed by atoms with Crippen molar-refractivity contribution >= 4 is 17.7 Å². The number of nitrogens with zero attached hydrogens (tertiary/aromatic N) is 3. The highest BCUT2D eigenvalue weighted by Gasteiger charge is 2.14. The van der Waals surface area contributed by atoms with Crippen LogP contribution in [0.2, 0.25) is 0 Å². The molecule has 0 aliphatic rings. The Hall–Kier alpha value is -3.63. The first kappa shape index (κ1) is 21.7. The predicted molar refractivity (Wildman–Crippen MR) is 107 cm³/mol. The lowest BCUT2D eigenvalue weighted by Crippen LogP contribution is -2.36. The van der Waals surface area contributed by atoms with E-state index in [4.69, 9.17) is 16.3 Å². The highest BCUT2D eigenvalue weighted by molar-refractivity contribution is 5.76. The summed E-state index contributed by atoms with van der Waals surface area (Å²) in [5.41, 5.74) is 10.7. The third-order valence-electron chi connectivity index (χ3n) is 3.85. The fourth-order valence-electron chi connectivity index (χ4n) is 2.41. The standard InChI is InChI=1S/C18H24FN7O3/c1-12-9-23-16(24-10-14(19)13-5-3-2-4-6-13)17(28)26(12)11-15(27)22-7-8-29-25-18(20)21/h2-6,9,14H,7-8,10-11H2,1H3,(H,22,27)(H,23,24)(H4,20,21,25).